The van der Waals surface area contributed by atoms with E-state index >= 15 is 0 Å². The number of nitrogens with one attached hydrogen (secondary N) is 1. The van der Waals surface area contributed by atoms with Gasteiger partial charge in [0.2, 0.25) is 0 Å². The van der Waals surface area contributed by atoms with Gasteiger partial charge in [-0.3, -0.25) is 4.79 Å². The Morgan fingerprint density at radius 2 is 1.43 bits per heavy atom. The summed E-state index contributed by atoms with van der Waals surface area (Å²) in [6.45, 7) is 0.986. The van der Waals surface area contributed by atoms with Gasteiger partial charge >= 0.3 is 5.97 Å². The maximum absolute atomic E-state index is 13.4. The van der Waals surface area contributed by atoms with Crippen molar-refractivity contribution in [2.75, 3.05) is 20.3 Å². The second-order valence-electron chi connectivity index (χ2n) is 11.4. The minimum atomic E-state index is -1.11. The van der Waals surface area contributed by atoms with Crippen LogP contribution in [-0.2, 0) is 11.3 Å². The molecule has 244 valence electrons. The third kappa shape index (κ3) is 9.09. The highest BCUT2D eigenvalue weighted by molar-refractivity contribution is 6.31. The average Bonchev–Trinajstić information content (AvgIpc) is 3.48. The van der Waals surface area contributed by atoms with Crippen molar-refractivity contribution >= 4 is 46.0 Å². The number of hydrogen-bond acceptors (Lipinski definition) is 4. The Labute approximate surface area is 285 Å². The molecule has 0 aliphatic carbocycles. The molecule has 0 radical (unpaired) electrons. The van der Waals surface area contributed by atoms with Gasteiger partial charge in [-0.1, -0.05) is 73.2 Å². The van der Waals surface area contributed by atoms with E-state index in [4.69, 9.17) is 32.7 Å². The predicted octanol–water partition coefficient (Wildman–Crippen LogP) is 9.52. The number of fused-ring (bicyclic) bond motifs is 1. The number of benzene rings is 4. The average molecular weight is 674 g/mol. The Hall–Kier alpha value is -4.46. The van der Waals surface area contributed by atoms with E-state index in [1.807, 2.05) is 18.2 Å². The number of aryl methyl sites for hydroxylation is 1. The highest BCUT2D eigenvalue weighted by Gasteiger charge is 2.20. The van der Waals surface area contributed by atoms with Crippen LogP contribution in [0.5, 0.6) is 11.5 Å². The zero-order valence-electron chi connectivity index (χ0n) is 26.3. The Bertz CT molecular complexity index is 1780. The van der Waals surface area contributed by atoms with Crippen LogP contribution in [0.4, 0.5) is 0 Å². The highest BCUT2D eigenvalue weighted by atomic mass is 35.5. The summed E-state index contributed by atoms with van der Waals surface area (Å²) in [6.07, 6.45) is 8.55. The van der Waals surface area contributed by atoms with E-state index in [1.165, 1.54) is 10.9 Å². The number of aromatic nitrogens is 1. The molecule has 1 heterocycles. The summed E-state index contributed by atoms with van der Waals surface area (Å²) in [5.41, 5.74) is 4.16. The van der Waals surface area contributed by atoms with Crippen molar-refractivity contribution in [1.29, 1.82) is 0 Å². The van der Waals surface area contributed by atoms with Gasteiger partial charge in [0.1, 0.15) is 11.5 Å². The SMILES string of the molecule is COc1ccc2c(ccn2CCCCCCCCNC(=O)c2cc(-c3cccc(Cl)c3)c(OCC(=O)O)c(-c3cccc(Cl)c3)c2)c1. The predicted molar refractivity (Wildman–Crippen MR) is 189 cm³/mol. The quantitative estimate of drug-likeness (QED) is 0.102. The number of unbranched alkanes of at least 4 members (excludes halogenated alkanes) is 5. The third-order valence-electron chi connectivity index (χ3n) is 8.05. The van der Waals surface area contributed by atoms with Crippen molar-refractivity contribution in [2.45, 2.75) is 45.1 Å². The molecule has 0 bridgehead atoms. The molecule has 0 saturated heterocycles. The number of carboxylic acids is 1. The van der Waals surface area contributed by atoms with Crippen LogP contribution in [0, 0.1) is 0 Å². The molecular weight excluding hydrogens is 635 g/mol. The number of rotatable bonds is 16. The summed E-state index contributed by atoms with van der Waals surface area (Å²) in [4.78, 5) is 24.9. The molecule has 1 aromatic heterocycles. The van der Waals surface area contributed by atoms with Gasteiger partial charge < -0.3 is 24.5 Å². The summed E-state index contributed by atoms with van der Waals surface area (Å²) < 4.78 is 13.5. The van der Waals surface area contributed by atoms with Crippen LogP contribution in [0.2, 0.25) is 10.0 Å². The summed E-state index contributed by atoms with van der Waals surface area (Å²) in [6, 6.07) is 26.0. The van der Waals surface area contributed by atoms with Crippen molar-refractivity contribution in [3.63, 3.8) is 0 Å². The van der Waals surface area contributed by atoms with E-state index in [2.05, 4.69) is 34.3 Å². The van der Waals surface area contributed by atoms with Crippen molar-refractivity contribution in [3.8, 4) is 33.8 Å². The first-order valence-electron chi connectivity index (χ1n) is 15.8. The van der Waals surface area contributed by atoms with E-state index in [-0.39, 0.29) is 5.91 Å². The lowest BCUT2D eigenvalue weighted by atomic mass is 9.94. The van der Waals surface area contributed by atoms with Crippen molar-refractivity contribution in [2.24, 2.45) is 0 Å². The summed E-state index contributed by atoms with van der Waals surface area (Å²) in [7, 11) is 1.69. The minimum absolute atomic E-state index is 0.224. The van der Waals surface area contributed by atoms with Gasteiger partial charge in [0.15, 0.2) is 6.61 Å². The number of hydrogen-bond donors (Lipinski definition) is 2. The van der Waals surface area contributed by atoms with E-state index in [0.717, 1.165) is 50.8 Å². The number of carboxylic acid groups (broad SMARTS) is 1. The molecule has 0 spiro atoms. The molecule has 0 unspecified atom stereocenters. The van der Waals surface area contributed by atoms with Crippen molar-refractivity contribution in [1.82, 2.24) is 9.88 Å². The highest BCUT2D eigenvalue weighted by Crippen LogP contribution is 2.41. The van der Waals surface area contributed by atoms with Crippen LogP contribution in [0.15, 0.2) is 91.1 Å². The van der Waals surface area contributed by atoms with E-state index in [0.29, 0.717) is 50.2 Å². The summed E-state index contributed by atoms with van der Waals surface area (Å²) >= 11 is 12.6. The van der Waals surface area contributed by atoms with Crippen molar-refractivity contribution in [3.05, 3.63) is 107 Å². The molecule has 47 heavy (non-hydrogen) atoms. The standard InChI is InChI=1S/C38H38Cl2N2O5/c1-46-32-14-15-35-28(22-32)16-19-42(35)18-7-5-3-2-4-6-17-41-38(45)29-23-33(26-10-8-12-30(39)20-26)37(47-25-36(43)44)34(24-29)27-11-9-13-31(40)21-27/h8-16,19-24H,2-7,17-18,25H2,1H3,(H,41,45)(H,43,44). The number of aliphatic carboxylic acids is 1. The Morgan fingerprint density at radius 3 is 2.04 bits per heavy atom. The molecule has 0 aliphatic heterocycles. The monoisotopic (exact) mass is 672 g/mol. The van der Waals surface area contributed by atoms with Crippen LogP contribution in [0.3, 0.4) is 0 Å². The molecule has 0 atom stereocenters. The number of ether oxygens (including phenoxy) is 2. The first-order valence-corrected chi connectivity index (χ1v) is 16.5. The number of methoxy groups -OCH3 is 1. The fourth-order valence-corrected chi connectivity index (χ4v) is 6.09. The van der Waals surface area contributed by atoms with Gasteiger partial charge in [0.05, 0.1) is 7.11 Å². The normalized spacial score (nSPS) is 11.0. The maximum atomic E-state index is 13.4. The third-order valence-corrected chi connectivity index (χ3v) is 8.52. The molecule has 1 amide bonds. The molecule has 9 heteroatoms. The van der Waals surface area contributed by atoms with Crippen LogP contribution in [-0.4, -0.2) is 41.8 Å². The van der Waals surface area contributed by atoms with Gasteiger partial charge in [0, 0.05) is 56.9 Å². The molecule has 0 aliphatic rings. The van der Waals surface area contributed by atoms with E-state index in [9.17, 15) is 14.7 Å². The number of carbonyl (C=O) groups is 2. The minimum Gasteiger partial charge on any atom is -0.497 e. The molecule has 0 saturated carbocycles. The number of amides is 1. The Balaban J connectivity index is 1.19. The number of nitrogens with zero attached hydrogens (tertiary/aromatic N) is 1. The molecule has 5 rings (SSSR count). The molecule has 5 aromatic rings. The second kappa shape index (κ2) is 16.4. The van der Waals surface area contributed by atoms with Crippen LogP contribution < -0.4 is 14.8 Å². The van der Waals surface area contributed by atoms with Gasteiger partial charge in [0.25, 0.3) is 5.91 Å². The van der Waals surface area contributed by atoms with Crippen LogP contribution in [0.25, 0.3) is 33.2 Å². The fourth-order valence-electron chi connectivity index (χ4n) is 5.71. The summed E-state index contributed by atoms with van der Waals surface area (Å²) in [5, 5.41) is 14.6. The first-order chi connectivity index (χ1) is 22.8. The first kappa shape index (κ1) is 33.9. The lowest BCUT2D eigenvalue weighted by molar-refractivity contribution is -0.139. The molecule has 4 aromatic carbocycles. The lowest BCUT2D eigenvalue weighted by Gasteiger charge is -2.18. The zero-order chi connectivity index (χ0) is 33.2. The lowest BCUT2D eigenvalue weighted by Crippen LogP contribution is -2.24. The molecule has 0 fully saturated rings. The zero-order valence-corrected chi connectivity index (χ0v) is 27.8. The van der Waals surface area contributed by atoms with E-state index < -0.39 is 12.6 Å². The fraction of sp³-hybridized carbons (Fsp3) is 0.263. The van der Waals surface area contributed by atoms with Crippen LogP contribution in [0.1, 0.15) is 48.9 Å². The number of carbonyl (C=O) groups excluding carboxylic acids is 1. The molecular formula is C38H38Cl2N2O5. The topological polar surface area (TPSA) is 89.8 Å². The largest absolute Gasteiger partial charge is 0.497 e. The Morgan fingerprint density at radius 1 is 0.787 bits per heavy atom. The van der Waals surface area contributed by atoms with Gasteiger partial charge in [-0.2, -0.15) is 0 Å². The molecule has 7 nitrogen and oxygen atoms in total. The second-order valence-corrected chi connectivity index (χ2v) is 12.3. The summed E-state index contributed by atoms with van der Waals surface area (Å²) in [5.74, 6) is -0.134. The number of halogens is 2. The van der Waals surface area contributed by atoms with Gasteiger partial charge in [-0.25, -0.2) is 4.79 Å². The van der Waals surface area contributed by atoms with Crippen molar-refractivity contribution < 1.29 is 24.2 Å². The Kier molecular flexibility index (Phi) is 11.8. The van der Waals surface area contributed by atoms with Gasteiger partial charge in [-0.15, -0.1) is 0 Å². The van der Waals surface area contributed by atoms with E-state index in [1.54, 1.807) is 55.6 Å². The van der Waals surface area contributed by atoms with Crippen LogP contribution >= 0.6 is 23.2 Å². The smallest absolute Gasteiger partial charge is 0.341 e. The van der Waals surface area contributed by atoms with Gasteiger partial charge in [-0.05, 0) is 84.6 Å². The maximum Gasteiger partial charge on any atom is 0.341 e. The molecule has 2 N–H and O–H groups in total.